The molecule has 1 aromatic heterocycles. The van der Waals surface area contributed by atoms with Crippen molar-refractivity contribution in [1.29, 1.82) is 0 Å². The molecular formula is C14H10Cl3N3. The van der Waals surface area contributed by atoms with Crippen LogP contribution in [0.4, 0.5) is 5.69 Å². The molecule has 0 saturated carbocycles. The van der Waals surface area contributed by atoms with Gasteiger partial charge in [-0.3, -0.25) is 0 Å². The van der Waals surface area contributed by atoms with Crippen LogP contribution in [-0.4, -0.2) is 9.97 Å². The normalized spacial score (nSPS) is 11.2. The van der Waals surface area contributed by atoms with Crippen molar-refractivity contribution >= 4 is 51.5 Å². The van der Waals surface area contributed by atoms with Crippen LogP contribution >= 0.6 is 34.8 Å². The fourth-order valence-corrected chi connectivity index (χ4v) is 2.64. The van der Waals surface area contributed by atoms with E-state index in [0.717, 1.165) is 16.6 Å². The molecule has 0 unspecified atom stereocenters. The highest BCUT2D eigenvalue weighted by Gasteiger charge is 2.12. The zero-order valence-corrected chi connectivity index (χ0v) is 12.7. The number of anilines is 1. The molecule has 6 heteroatoms. The molecule has 3 N–H and O–H groups in total. The maximum atomic E-state index is 6.20. The zero-order valence-electron chi connectivity index (χ0n) is 10.5. The molecule has 3 rings (SSSR count). The van der Waals surface area contributed by atoms with Gasteiger partial charge in [0, 0.05) is 10.6 Å². The second-order valence-electron chi connectivity index (χ2n) is 4.56. The smallest absolute Gasteiger partial charge is 0.140 e. The van der Waals surface area contributed by atoms with Crippen LogP contribution in [0.2, 0.25) is 15.1 Å². The molecule has 102 valence electrons. The van der Waals surface area contributed by atoms with Gasteiger partial charge in [-0.25, -0.2) is 4.98 Å². The first-order chi connectivity index (χ1) is 9.45. The SMILES string of the molecule is Cc1cc2[nH]c(-c3cc(N)c(Cl)cc3Cl)nc2cc1Cl. The Hall–Kier alpha value is -1.42. The number of nitrogens with two attached hydrogens (primary N) is 1. The minimum absolute atomic E-state index is 0.425. The summed E-state index contributed by atoms with van der Waals surface area (Å²) in [6, 6.07) is 7.08. The summed E-state index contributed by atoms with van der Waals surface area (Å²) in [6.45, 7) is 1.94. The number of aryl methyl sites for hydroxylation is 1. The molecule has 0 amide bonds. The van der Waals surface area contributed by atoms with Crippen LogP contribution in [0.25, 0.3) is 22.4 Å². The molecular weight excluding hydrogens is 317 g/mol. The number of H-pyrrole nitrogens is 1. The number of imidazole rings is 1. The molecule has 0 fully saturated rings. The average Bonchev–Trinajstić information content (AvgIpc) is 2.77. The Morgan fingerprint density at radius 1 is 1.00 bits per heavy atom. The molecule has 3 aromatic rings. The standard InChI is InChI=1S/C14H10Cl3N3/c1-6-2-12-13(5-8(6)15)20-14(19-12)7-3-11(18)10(17)4-9(7)16/h2-5H,18H2,1H3,(H,19,20). The number of halogens is 3. The Balaban J connectivity index is 2.22. The van der Waals surface area contributed by atoms with E-state index in [1.54, 1.807) is 12.1 Å². The van der Waals surface area contributed by atoms with Crippen molar-refractivity contribution in [1.82, 2.24) is 9.97 Å². The molecule has 0 bridgehead atoms. The van der Waals surface area contributed by atoms with Crippen molar-refractivity contribution in [3.63, 3.8) is 0 Å². The van der Waals surface area contributed by atoms with Gasteiger partial charge >= 0.3 is 0 Å². The number of nitrogen functional groups attached to an aromatic ring is 1. The number of aromatic nitrogens is 2. The van der Waals surface area contributed by atoms with Crippen LogP contribution in [0.15, 0.2) is 24.3 Å². The molecule has 2 aromatic carbocycles. The number of nitrogens with zero attached hydrogens (tertiary/aromatic N) is 1. The number of rotatable bonds is 1. The summed E-state index contributed by atoms with van der Waals surface area (Å²) in [7, 11) is 0. The summed E-state index contributed by atoms with van der Waals surface area (Å²) >= 11 is 18.2. The van der Waals surface area contributed by atoms with Crippen molar-refractivity contribution in [2.45, 2.75) is 6.92 Å². The maximum absolute atomic E-state index is 6.20. The number of benzene rings is 2. The first-order valence-corrected chi connectivity index (χ1v) is 7.00. The van der Waals surface area contributed by atoms with E-state index >= 15 is 0 Å². The Morgan fingerprint density at radius 2 is 1.75 bits per heavy atom. The molecule has 0 atom stereocenters. The predicted molar refractivity (Wildman–Crippen MR) is 85.7 cm³/mol. The van der Waals surface area contributed by atoms with Crippen molar-refractivity contribution in [2.75, 3.05) is 5.73 Å². The molecule has 0 aliphatic rings. The van der Waals surface area contributed by atoms with Crippen molar-refractivity contribution < 1.29 is 0 Å². The first kappa shape index (κ1) is 13.6. The van der Waals surface area contributed by atoms with E-state index in [1.165, 1.54) is 0 Å². The predicted octanol–water partition coefficient (Wildman–Crippen LogP) is 5.08. The molecule has 20 heavy (non-hydrogen) atoms. The van der Waals surface area contributed by atoms with E-state index < -0.39 is 0 Å². The Kier molecular flexibility index (Phi) is 3.28. The van der Waals surface area contributed by atoms with Crippen LogP contribution in [0.1, 0.15) is 5.56 Å². The molecule has 0 radical (unpaired) electrons. The molecule has 0 aliphatic carbocycles. The minimum Gasteiger partial charge on any atom is -0.398 e. The summed E-state index contributed by atoms with van der Waals surface area (Å²) in [5.41, 5.74) is 9.64. The van der Waals surface area contributed by atoms with Crippen LogP contribution in [0.3, 0.4) is 0 Å². The molecule has 0 aliphatic heterocycles. The third-order valence-electron chi connectivity index (χ3n) is 3.10. The number of fused-ring (bicyclic) bond motifs is 1. The summed E-state index contributed by atoms with van der Waals surface area (Å²) < 4.78 is 0. The topological polar surface area (TPSA) is 54.7 Å². The molecule has 0 saturated heterocycles. The Bertz CT molecular complexity index is 785. The second kappa shape index (κ2) is 4.85. The van der Waals surface area contributed by atoms with Crippen LogP contribution in [-0.2, 0) is 0 Å². The van der Waals surface area contributed by atoms with E-state index in [2.05, 4.69) is 9.97 Å². The van der Waals surface area contributed by atoms with Gasteiger partial charge in [-0.1, -0.05) is 34.8 Å². The molecule has 0 spiro atoms. The van der Waals surface area contributed by atoms with Crippen LogP contribution < -0.4 is 5.73 Å². The maximum Gasteiger partial charge on any atom is 0.140 e. The van der Waals surface area contributed by atoms with Crippen molar-refractivity contribution in [3.8, 4) is 11.4 Å². The average molecular weight is 327 g/mol. The van der Waals surface area contributed by atoms with Crippen molar-refractivity contribution in [2.24, 2.45) is 0 Å². The van der Waals surface area contributed by atoms with E-state index in [0.29, 0.717) is 32.1 Å². The molecule has 1 heterocycles. The largest absolute Gasteiger partial charge is 0.398 e. The summed E-state index contributed by atoms with van der Waals surface area (Å²) in [4.78, 5) is 7.71. The lowest BCUT2D eigenvalue weighted by molar-refractivity contribution is 1.34. The van der Waals surface area contributed by atoms with Crippen LogP contribution in [0, 0.1) is 6.92 Å². The zero-order chi connectivity index (χ0) is 14.4. The highest BCUT2D eigenvalue weighted by atomic mass is 35.5. The summed E-state index contributed by atoms with van der Waals surface area (Å²) in [5, 5.41) is 1.59. The van der Waals surface area contributed by atoms with E-state index in [-0.39, 0.29) is 0 Å². The number of hydrogen-bond donors (Lipinski definition) is 2. The van der Waals surface area contributed by atoms with Gasteiger partial charge in [0.05, 0.1) is 26.8 Å². The number of aromatic amines is 1. The van der Waals surface area contributed by atoms with Gasteiger partial charge in [-0.15, -0.1) is 0 Å². The Morgan fingerprint density at radius 3 is 2.50 bits per heavy atom. The number of hydrogen-bond acceptors (Lipinski definition) is 2. The van der Waals surface area contributed by atoms with E-state index in [9.17, 15) is 0 Å². The van der Waals surface area contributed by atoms with Gasteiger partial charge < -0.3 is 10.7 Å². The Labute approximate surface area is 130 Å². The van der Waals surface area contributed by atoms with Gasteiger partial charge in [-0.2, -0.15) is 0 Å². The fraction of sp³-hybridized carbons (Fsp3) is 0.0714. The highest BCUT2D eigenvalue weighted by molar-refractivity contribution is 6.37. The second-order valence-corrected chi connectivity index (χ2v) is 5.78. The third-order valence-corrected chi connectivity index (χ3v) is 4.15. The van der Waals surface area contributed by atoms with Crippen molar-refractivity contribution in [3.05, 3.63) is 44.9 Å². The van der Waals surface area contributed by atoms with E-state index in [4.69, 9.17) is 40.5 Å². The lowest BCUT2D eigenvalue weighted by atomic mass is 10.2. The third kappa shape index (κ3) is 2.22. The van der Waals surface area contributed by atoms with Gasteiger partial charge in [0.2, 0.25) is 0 Å². The van der Waals surface area contributed by atoms with Gasteiger partial charge in [0.25, 0.3) is 0 Å². The fourth-order valence-electron chi connectivity index (χ4n) is 2.01. The molecule has 3 nitrogen and oxygen atoms in total. The summed E-state index contributed by atoms with van der Waals surface area (Å²) in [6.07, 6.45) is 0. The van der Waals surface area contributed by atoms with Gasteiger partial charge in [-0.05, 0) is 36.8 Å². The van der Waals surface area contributed by atoms with Crippen LogP contribution in [0.5, 0.6) is 0 Å². The summed E-state index contributed by atoms with van der Waals surface area (Å²) in [5.74, 6) is 0.634. The quantitative estimate of drug-likeness (QED) is 0.613. The lowest BCUT2D eigenvalue weighted by Gasteiger charge is -2.04. The van der Waals surface area contributed by atoms with E-state index in [1.807, 2.05) is 19.1 Å². The monoisotopic (exact) mass is 325 g/mol. The lowest BCUT2D eigenvalue weighted by Crippen LogP contribution is -1.89. The highest BCUT2D eigenvalue weighted by Crippen LogP contribution is 2.34. The first-order valence-electron chi connectivity index (χ1n) is 5.86. The van der Waals surface area contributed by atoms with Gasteiger partial charge in [0.1, 0.15) is 5.82 Å². The minimum atomic E-state index is 0.425. The van der Waals surface area contributed by atoms with Gasteiger partial charge in [0.15, 0.2) is 0 Å². The number of nitrogens with one attached hydrogen (secondary N) is 1.